The number of aryl methyl sites for hydroxylation is 2. The van der Waals surface area contributed by atoms with Gasteiger partial charge in [-0.05, 0) is 98.8 Å². The molecule has 9 rings (SSSR count). The maximum Gasteiger partial charge on any atom is 0.145 e. The summed E-state index contributed by atoms with van der Waals surface area (Å²) in [7, 11) is 0. The van der Waals surface area contributed by atoms with E-state index >= 15 is 0 Å². The Kier molecular flexibility index (Phi) is 6.29. The lowest BCUT2D eigenvalue weighted by Gasteiger charge is -2.19. The number of hydrogen-bond donors (Lipinski definition) is 0. The second-order valence-corrected chi connectivity index (χ2v) is 12.6. The molecule has 2 nitrogen and oxygen atoms in total. The van der Waals surface area contributed by atoms with E-state index in [-0.39, 0.29) is 0 Å². The molecule has 0 aliphatic rings. The highest BCUT2D eigenvalue weighted by molar-refractivity contribution is 6.22. The van der Waals surface area contributed by atoms with Gasteiger partial charge in [0.15, 0.2) is 0 Å². The minimum absolute atomic E-state index is 0.946. The van der Waals surface area contributed by atoms with Crippen molar-refractivity contribution in [3.05, 3.63) is 169 Å². The number of aromatic nitrogens is 2. The summed E-state index contributed by atoms with van der Waals surface area (Å²) in [4.78, 5) is 5.06. The van der Waals surface area contributed by atoms with E-state index in [1.165, 1.54) is 65.7 Å². The maximum atomic E-state index is 5.06. The second-order valence-electron chi connectivity index (χ2n) is 12.6. The number of benzene rings is 8. The normalized spacial score (nSPS) is 11.6. The molecule has 1 aromatic heterocycles. The van der Waals surface area contributed by atoms with Gasteiger partial charge in [0.05, 0.1) is 11.0 Å². The summed E-state index contributed by atoms with van der Waals surface area (Å²) >= 11 is 0. The molecular weight excluding hydrogens is 569 g/mol. The van der Waals surface area contributed by atoms with Crippen molar-refractivity contribution < 1.29 is 0 Å². The van der Waals surface area contributed by atoms with Crippen molar-refractivity contribution in [3.8, 4) is 39.3 Å². The average Bonchev–Trinajstić information content (AvgIpc) is 3.51. The third-order valence-electron chi connectivity index (χ3n) is 9.47. The molecule has 8 aromatic carbocycles. The molecule has 0 bridgehead atoms. The molecule has 0 saturated carbocycles. The first kappa shape index (κ1) is 27.3. The molecule has 0 atom stereocenters. The Bertz CT molecular complexity index is 2630. The molecular formula is C45H32N2. The fourth-order valence-corrected chi connectivity index (χ4v) is 7.27. The summed E-state index contributed by atoms with van der Waals surface area (Å²) in [5.74, 6) is 0.946. The molecule has 0 unspecified atom stereocenters. The van der Waals surface area contributed by atoms with Crippen LogP contribution in [0.5, 0.6) is 0 Å². The van der Waals surface area contributed by atoms with E-state index in [9.17, 15) is 0 Å². The standard InChI is InChI=1S/C45H32N2/c1-29-17-25-38-39(26-29)43(37-24-16-30(2)27-40(37)44(38)35-19-18-31-10-6-7-13-34(31)28-35)32-20-22-36(23-21-32)47-42-15-9-8-14-41(42)46-45(47)33-11-4-3-5-12-33/h3-28H,1-2H3. The fraction of sp³-hybridized carbons (Fsp3) is 0.0444. The lowest BCUT2D eigenvalue weighted by atomic mass is 9.84. The van der Waals surface area contributed by atoms with Crippen LogP contribution in [0.15, 0.2) is 158 Å². The van der Waals surface area contributed by atoms with Crippen molar-refractivity contribution in [2.75, 3.05) is 0 Å². The highest BCUT2D eigenvalue weighted by Crippen LogP contribution is 2.45. The average molecular weight is 601 g/mol. The van der Waals surface area contributed by atoms with E-state index in [0.717, 1.165) is 28.1 Å². The summed E-state index contributed by atoms with van der Waals surface area (Å²) in [5, 5.41) is 7.61. The van der Waals surface area contributed by atoms with Gasteiger partial charge in [0, 0.05) is 11.3 Å². The molecule has 0 aliphatic carbocycles. The molecule has 2 heteroatoms. The molecule has 9 aromatic rings. The Labute approximate surface area is 274 Å². The molecule has 0 N–H and O–H groups in total. The molecule has 0 aliphatic heterocycles. The Balaban J connectivity index is 1.28. The van der Waals surface area contributed by atoms with Gasteiger partial charge in [0.25, 0.3) is 0 Å². The topological polar surface area (TPSA) is 17.8 Å². The zero-order valence-electron chi connectivity index (χ0n) is 26.4. The number of hydrogen-bond acceptors (Lipinski definition) is 1. The van der Waals surface area contributed by atoms with Crippen molar-refractivity contribution in [2.24, 2.45) is 0 Å². The van der Waals surface area contributed by atoms with Crippen LogP contribution in [0.2, 0.25) is 0 Å². The van der Waals surface area contributed by atoms with Crippen molar-refractivity contribution in [1.82, 2.24) is 9.55 Å². The Hall–Kier alpha value is -5.99. The van der Waals surface area contributed by atoms with Gasteiger partial charge in [-0.2, -0.15) is 0 Å². The monoisotopic (exact) mass is 600 g/mol. The first-order valence-electron chi connectivity index (χ1n) is 16.2. The van der Waals surface area contributed by atoms with Gasteiger partial charge in [0.2, 0.25) is 0 Å². The smallest absolute Gasteiger partial charge is 0.145 e. The highest BCUT2D eigenvalue weighted by Gasteiger charge is 2.19. The number of para-hydroxylation sites is 2. The van der Waals surface area contributed by atoms with Gasteiger partial charge in [0.1, 0.15) is 5.82 Å². The molecule has 0 saturated heterocycles. The number of imidazole rings is 1. The summed E-state index contributed by atoms with van der Waals surface area (Å²) in [5.41, 5.74) is 11.8. The largest absolute Gasteiger partial charge is 0.292 e. The first-order valence-corrected chi connectivity index (χ1v) is 16.2. The van der Waals surface area contributed by atoms with Crippen LogP contribution in [0, 0.1) is 13.8 Å². The van der Waals surface area contributed by atoms with Crippen molar-refractivity contribution in [3.63, 3.8) is 0 Å². The van der Waals surface area contributed by atoms with Crippen LogP contribution in [-0.2, 0) is 0 Å². The minimum atomic E-state index is 0.946. The maximum absolute atomic E-state index is 5.06. The minimum Gasteiger partial charge on any atom is -0.292 e. The lowest BCUT2D eigenvalue weighted by molar-refractivity contribution is 1.10. The van der Waals surface area contributed by atoms with E-state index in [0.29, 0.717) is 0 Å². The zero-order chi connectivity index (χ0) is 31.5. The Morgan fingerprint density at radius 3 is 1.74 bits per heavy atom. The second kappa shape index (κ2) is 10.8. The zero-order valence-corrected chi connectivity index (χ0v) is 26.4. The van der Waals surface area contributed by atoms with Crippen molar-refractivity contribution >= 4 is 43.4 Å². The van der Waals surface area contributed by atoms with Crippen LogP contribution < -0.4 is 0 Å². The molecule has 47 heavy (non-hydrogen) atoms. The summed E-state index contributed by atoms with van der Waals surface area (Å²) in [6, 6.07) is 57.3. The molecule has 0 amide bonds. The fourth-order valence-electron chi connectivity index (χ4n) is 7.27. The first-order chi connectivity index (χ1) is 23.1. The van der Waals surface area contributed by atoms with Gasteiger partial charge < -0.3 is 0 Å². The van der Waals surface area contributed by atoms with Crippen molar-refractivity contribution in [2.45, 2.75) is 13.8 Å². The lowest BCUT2D eigenvalue weighted by Crippen LogP contribution is -1.98. The van der Waals surface area contributed by atoms with Gasteiger partial charge >= 0.3 is 0 Å². The molecule has 0 radical (unpaired) electrons. The molecule has 0 fully saturated rings. The van der Waals surface area contributed by atoms with Crippen molar-refractivity contribution in [1.29, 1.82) is 0 Å². The van der Waals surface area contributed by atoms with Crippen LogP contribution in [-0.4, -0.2) is 9.55 Å². The number of nitrogens with zero attached hydrogens (tertiary/aromatic N) is 2. The Morgan fingerprint density at radius 2 is 1.02 bits per heavy atom. The third-order valence-corrected chi connectivity index (χ3v) is 9.47. The number of fused-ring (bicyclic) bond motifs is 4. The predicted molar refractivity (Wildman–Crippen MR) is 199 cm³/mol. The van der Waals surface area contributed by atoms with Crippen LogP contribution in [0.1, 0.15) is 11.1 Å². The summed E-state index contributed by atoms with van der Waals surface area (Å²) < 4.78 is 2.28. The SMILES string of the molecule is Cc1ccc2c(-c3ccc4ccccc4c3)c3cc(C)ccc3c(-c3ccc(-n4c(-c5ccccc5)nc5ccccc54)cc3)c2c1. The van der Waals surface area contributed by atoms with Crippen LogP contribution >= 0.6 is 0 Å². The van der Waals surface area contributed by atoms with Crippen LogP contribution in [0.3, 0.4) is 0 Å². The van der Waals surface area contributed by atoms with E-state index in [2.05, 4.69) is 176 Å². The van der Waals surface area contributed by atoms with Gasteiger partial charge in [-0.25, -0.2) is 4.98 Å². The third kappa shape index (κ3) is 4.53. The van der Waals surface area contributed by atoms with E-state index < -0.39 is 0 Å². The molecule has 1 heterocycles. The highest BCUT2D eigenvalue weighted by atomic mass is 15.1. The molecule has 0 spiro atoms. The summed E-state index contributed by atoms with van der Waals surface area (Å²) in [6.07, 6.45) is 0. The van der Waals surface area contributed by atoms with E-state index in [1.54, 1.807) is 0 Å². The van der Waals surface area contributed by atoms with Gasteiger partial charge in [-0.1, -0.05) is 139 Å². The van der Waals surface area contributed by atoms with E-state index in [4.69, 9.17) is 4.98 Å². The number of rotatable bonds is 4. The van der Waals surface area contributed by atoms with Crippen LogP contribution in [0.4, 0.5) is 0 Å². The quantitative estimate of drug-likeness (QED) is 0.184. The predicted octanol–water partition coefficient (Wildman–Crippen LogP) is 12.1. The van der Waals surface area contributed by atoms with Gasteiger partial charge in [-0.15, -0.1) is 0 Å². The Morgan fingerprint density at radius 1 is 0.426 bits per heavy atom. The molecule has 222 valence electrons. The van der Waals surface area contributed by atoms with Crippen LogP contribution in [0.25, 0.3) is 82.7 Å². The van der Waals surface area contributed by atoms with E-state index in [1.807, 2.05) is 0 Å². The summed E-state index contributed by atoms with van der Waals surface area (Å²) in [6.45, 7) is 4.38. The van der Waals surface area contributed by atoms with Gasteiger partial charge in [-0.3, -0.25) is 4.57 Å².